The van der Waals surface area contributed by atoms with Crippen molar-refractivity contribution >= 4 is 15.2 Å². The SMILES string of the molecule is CC(O)N(CP(=O)(O)O)CP(=O)(O)O. The highest BCUT2D eigenvalue weighted by Crippen LogP contribution is 2.41. The highest BCUT2D eigenvalue weighted by atomic mass is 31.2. The molecule has 1 atom stereocenters. The third-order valence-corrected chi connectivity index (χ3v) is 2.72. The van der Waals surface area contributed by atoms with Crippen molar-refractivity contribution in [2.45, 2.75) is 13.2 Å². The first kappa shape index (κ1) is 14.2. The van der Waals surface area contributed by atoms with Gasteiger partial charge >= 0.3 is 15.2 Å². The van der Waals surface area contributed by atoms with Crippen LogP contribution in [-0.4, -0.2) is 48.4 Å². The van der Waals surface area contributed by atoms with Crippen molar-refractivity contribution in [2.24, 2.45) is 0 Å². The van der Waals surface area contributed by atoms with Crippen LogP contribution in [0.15, 0.2) is 0 Å². The quantitative estimate of drug-likeness (QED) is 0.305. The summed E-state index contributed by atoms with van der Waals surface area (Å²) in [7, 11) is -8.88. The molecular formula is C4H13NO7P2. The first-order valence-corrected chi connectivity index (χ1v) is 7.12. The number of hydrogen-bond donors (Lipinski definition) is 5. The molecule has 0 radical (unpaired) electrons. The summed E-state index contributed by atoms with van der Waals surface area (Å²) in [6.45, 7) is 1.16. The van der Waals surface area contributed by atoms with Crippen LogP contribution < -0.4 is 0 Å². The maximum Gasteiger partial charge on any atom is 0.339 e. The average Bonchev–Trinajstić information content (AvgIpc) is 1.78. The van der Waals surface area contributed by atoms with Gasteiger partial charge in [0, 0.05) is 0 Å². The molecule has 0 rings (SSSR count). The predicted molar refractivity (Wildman–Crippen MR) is 47.3 cm³/mol. The molecule has 0 amide bonds. The summed E-state index contributed by atoms with van der Waals surface area (Å²) in [5.41, 5.74) is 0. The van der Waals surface area contributed by atoms with Crippen LogP contribution in [0, 0.1) is 0 Å². The van der Waals surface area contributed by atoms with Crippen molar-refractivity contribution in [3.63, 3.8) is 0 Å². The predicted octanol–water partition coefficient (Wildman–Crippen LogP) is -1.10. The molecule has 0 bridgehead atoms. The zero-order valence-electron chi connectivity index (χ0n) is 7.39. The first-order valence-electron chi connectivity index (χ1n) is 3.52. The topological polar surface area (TPSA) is 139 Å². The first-order chi connectivity index (χ1) is 6.01. The fourth-order valence-electron chi connectivity index (χ4n) is 0.754. The molecular weight excluding hydrogens is 236 g/mol. The van der Waals surface area contributed by atoms with E-state index in [0.29, 0.717) is 4.90 Å². The largest absolute Gasteiger partial charge is 0.379 e. The zero-order valence-corrected chi connectivity index (χ0v) is 9.17. The Morgan fingerprint density at radius 2 is 1.36 bits per heavy atom. The lowest BCUT2D eigenvalue weighted by atomic mass is 10.6. The number of nitrogens with zero attached hydrogens (tertiary/aromatic N) is 1. The second kappa shape index (κ2) is 4.83. The molecule has 0 fully saturated rings. The van der Waals surface area contributed by atoms with Gasteiger partial charge in [0.15, 0.2) is 0 Å². The second-order valence-electron chi connectivity index (χ2n) is 2.83. The van der Waals surface area contributed by atoms with Crippen LogP contribution in [0.2, 0.25) is 0 Å². The molecule has 0 aliphatic rings. The Kier molecular flexibility index (Phi) is 4.90. The fourth-order valence-corrected chi connectivity index (χ4v) is 2.53. The molecule has 0 aliphatic heterocycles. The minimum Gasteiger partial charge on any atom is -0.379 e. The third-order valence-electron chi connectivity index (χ3n) is 1.26. The lowest BCUT2D eigenvalue weighted by Gasteiger charge is -2.25. The van der Waals surface area contributed by atoms with Gasteiger partial charge in [0.1, 0.15) is 18.8 Å². The third kappa shape index (κ3) is 7.61. The van der Waals surface area contributed by atoms with Gasteiger partial charge < -0.3 is 24.7 Å². The van der Waals surface area contributed by atoms with E-state index >= 15 is 0 Å². The summed E-state index contributed by atoms with van der Waals surface area (Å²) in [4.78, 5) is 34.8. The summed E-state index contributed by atoms with van der Waals surface area (Å²) in [6.07, 6.45) is -3.12. The summed E-state index contributed by atoms with van der Waals surface area (Å²) >= 11 is 0. The van der Waals surface area contributed by atoms with E-state index in [0.717, 1.165) is 6.92 Å². The number of hydrogen-bond acceptors (Lipinski definition) is 4. The van der Waals surface area contributed by atoms with E-state index in [4.69, 9.17) is 24.7 Å². The van der Waals surface area contributed by atoms with E-state index in [1.54, 1.807) is 0 Å². The van der Waals surface area contributed by atoms with E-state index in [9.17, 15) is 9.13 Å². The summed E-state index contributed by atoms with van der Waals surface area (Å²) in [6, 6.07) is 0. The average molecular weight is 249 g/mol. The van der Waals surface area contributed by atoms with Crippen LogP contribution in [0.1, 0.15) is 6.92 Å². The van der Waals surface area contributed by atoms with Gasteiger partial charge in [-0.05, 0) is 6.92 Å². The highest BCUT2D eigenvalue weighted by Gasteiger charge is 2.28. The van der Waals surface area contributed by atoms with Gasteiger partial charge in [-0.25, -0.2) is 0 Å². The summed E-state index contributed by atoms with van der Waals surface area (Å²) < 4.78 is 21.0. The van der Waals surface area contributed by atoms with E-state index < -0.39 is 34.0 Å². The minimum absolute atomic E-state index is 0.613. The molecule has 1 unspecified atom stereocenters. The van der Waals surface area contributed by atoms with Gasteiger partial charge in [-0.1, -0.05) is 0 Å². The summed E-state index contributed by atoms with van der Waals surface area (Å²) in [5, 5.41) is 8.98. The normalized spacial score (nSPS) is 15.9. The molecule has 14 heavy (non-hydrogen) atoms. The Hall–Kier alpha value is 0.220. The van der Waals surface area contributed by atoms with E-state index in [2.05, 4.69) is 0 Å². The Labute approximate surface area is 80.5 Å². The van der Waals surface area contributed by atoms with Crippen molar-refractivity contribution in [3.05, 3.63) is 0 Å². The molecule has 10 heteroatoms. The van der Waals surface area contributed by atoms with E-state index in [-0.39, 0.29) is 0 Å². The van der Waals surface area contributed by atoms with Crippen molar-refractivity contribution in [1.29, 1.82) is 0 Å². The Morgan fingerprint density at radius 1 is 1.07 bits per heavy atom. The Balaban J connectivity index is 4.48. The van der Waals surface area contributed by atoms with Crippen LogP contribution in [0.4, 0.5) is 0 Å². The second-order valence-corrected chi connectivity index (χ2v) is 6.06. The van der Waals surface area contributed by atoms with Gasteiger partial charge in [-0.2, -0.15) is 0 Å². The van der Waals surface area contributed by atoms with Gasteiger partial charge in [-0.15, -0.1) is 0 Å². The van der Waals surface area contributed by atoms with E-state index in [1.807, 2.05) is 0 Å². The maximum absolute atomic E-state index is 10.5. The van der Waals surface area contributed by atoms with Crippen LogP contribution in [-0.2, 0) is 9.13 Å². The van der Waals surface area contributed by atoms with Crippen molar-refractivity contribution in [3.8, 4) is 0 Å². The van der Waals surface area contributed by atoms with Gasteiger partial charge in [-0.3, -0.25) is 14.0 Å². The number of rotatable bonds is 5. The zero-order chi connectivity index (χ0) is 11.6. The van der Waals surface area contributed by atoms with Crippen molar-refractivity contribution < 1.29 is 33.8 Å². The van der Waals surface area contributed by atoms with Crippen molar-refractivity contribution in [2.75, 3.05) is 12.6 Å². The van der Waals surface area contributed by atoms with Gasteiger partial charge in [0.25, 0.3) is 0 Å². The molecule has 5 N–H and O–H groups in total. The molecule has 0 aromatic carbocycles. The standard InChI is InChI=1S/C4H13NO7P2/c1-4(6)5(2-13(7,8)9)3-14(10,11)12/h4,6H,2-3H2,1H3,(H2,7,8,9)(H2,10,11,12). The number of aliphatic hydroxyl groups is 1. The number of aliphatic hydroxyl groups excluding tert-OH is 1. The van der Waals surface area contributed by atoms with Gasteiger partial charge in [0.05, 0.1) is 0 Å². The maximum atomic E-state index is 10.5. The van der Waals surface area contributed by atoms with Crippen LogP contribution in [0.3, 0.4) is 0 Å². The van der Waals surface area contributed by atoms with E-state index in [1.165, 1.54) is 0 Å². The fraction of sp³-hybridized carbons (Fsp3) is 1.00. The molecule has 0 aliphatic carbocycles. The molecule has 8 nitrogen and oxygen atoms in total. The minimum atomic E-state index is -4.44. The molecule has 0 saturated carbocycles. The molecule has 0 heterocycles. The lowest BCUT2D eigenvalue weighted by molar-refractivity contribution is 0.0373. The van der Waals surface area contributed by atoms with Crippen molar-refractivity contribution in [1.82, 2.24) is 4.90 Å². The van der Waals surface area contributed by atoms with Crippen LogP contribution in [0.25, 0.3) is 0 Å². The molecule has 86 valence electrons. The molecule has 0 spiro atoms. The van der Waals surface area contributed by atoms with Crippen LogP contribution in [0.5, 0.6) is 0 Å². The Bertz CT molecular complexity index is 243. The molecule has 0 aromatic rings. The molecule has 0 saturated heterocycles. The molecule has 0 aromatic heterocycles. The highest BCUT2D eigenvalue weighted by molar-refractivity contribution is 7.52. The summed E-state index contributed by atoms with van der Waals surface area (Å²) in [5.74, 6) is 0. The monoisotopic (exact) mass is 249 g/mol. The smallest absolute Gasteiger partial charge is 0.339 e. The van der Waals surface area contributed by atoms with Gasteiger partial charge in [0.2, 0.25) is 0 Å². The lowest BCUT2D eigenvalue weighted by Crippen LogP contribution is -2.34. The Morgan fingerprint density at radius 3 is 1.50 bits per heavy atom. The van der Waals surface area contributed by atoms with Crippen LogP contribution >= 0.6 is 15.2 Å².